The van der Waals surface area contributed by atoms with Gasteiger partial charge in [0.05, 0.1) is 23.5 Å². The number of hydrogen-bond donors (Lipinski definition) is 2. The quantitative estimate of drug-likeness (QED) is 0.717. The Kier molecular flexibility index (Phi) is 5.13. The molecule has 3 rings (SSSR count). The molecule has 0 bridgehead atoms. The molecule has 0 saturated heterocycles. The third-order valence-corrected chi connectivity index (χ3v) is 4.35. The van der Waals surface area contributed by atoms with Gasteiger partial charge in [-0.15, -0.1) is 0 Å². The van der Waals surface area contributed by atoms with E-state index in [4.69, 9.17) is 5.26 Å². The van der Waals surface area contributed by atoms with Gasteiger partial charge in [0.25, 0.3) is 5.56 Å². The number of aromatic amines is 1. The van der Waals surface area contributed by atoms with Crippen LogP contribution in [-0.2, 0) is 11.2 Å². The van der Waals surface area contributed by atoms with Crippen molar-refractivity contribution in [1.29, 1.82) is 5.26 Å². The lowest BCUT2D eigenvalue weighted by molar-refractivity contribution is -0.121. The number of carbonyl (C=O) groups is 1. The summed E-state index contributed by atoms with van der Waals surface area (Å²) in [4.78, 5) is 35.1. The van der Waals surface area contributed by atoms with Gasteiger partial charge >= 0.3 is 0 Å². The monoisotopic (exact) mass is 383 g/mol. The summed E-state index contributed by atoms with van der Waals surface area (Å²) >= 11 is 0. The molecule has 1 atom stereocenters. The van der Waals surface area contributed by atoms with Crippen molar-refractivity contribution in [2.75, 3.05) is 0 Å². The number of halogens is 2. The fraction of sp³-hybridized carbons (Fsp3) is 0.211. The summed E-state index contributed by atoms with van der Waals surface area (Å²) in [5, 5.41) is 11.3. The molecular weight excluding hydrogens is 368 g/mol. The highest BCUT2D eigenvalue weighted by molar-refractivity contribution is 5.86. The highest BCUT2D eigenvalue weighted by atomic mass is 19.2. The van der Waals surface area contributed by atoms with E-state index in [-0.39, 0.29) is 34.0 Å². The molecule has 3 aromatic rings. The number of H-pyrrole nitrogens is 1. The Morgan fingerprint density at radius 3 is 2.64 bits per heavy atom. The van der Waals surface area contributed by atoms with Crippen LogP contribution in [0.4, 0.5) is 8.78 Å². The average Bonchev–Trinajstić information content (AvgIpc) is 2.68. The summed E-state index contributed by atoms with van der Waals surface area (Å²) in [6, 6.07) is 3.52. The van der Waals surface area contributed by atoms with Crippen LogP contribution >= 0.6 is 0 Å². The van der Waals surface area contributed by atoms with Crippen LogP contribution < -0.4 is 10.9 Å². The summed E-state index contributed by atoms with van der Waals surface area (Å²) in [6.07, 6.45) is 2.34. The molecule has 0 radical (unpaired) electrons. The molecule has 1 aromatic carbocycles. The minimum atomic E-state index is -1.08. The van der Waals surface area contributed by atoms with Crippen LogP contribution in [-0.4, -0.2) is 20.9 Å². The molecule has 7 nitrogen and oxygen atoms in total. The molecule has 0 aliphatic rings. The normalized spacial score (nSPS) is 11.8. The number of carbonyl (C=O) groups excluding carboxylic acids is 1. The van der Waals surface area contributed by atoms with Gasteiger partial charge in [0.15, 0.2) is 11.6 Å². The van der Waals surface area contributed by atoms with E-state index < -0.39 is 29.1 Å². The fourth-order valence-electron chi connectivity index (χ4n) is 2.89. The van der Waals surface area contributed by atoms with Crippen molar-refractivity contribution >= 4 is 16.8 Å². The van der Waals surface area contributed by atoms with Crippen LogP contribution in [0, 0.1) is 29.9 Å². The van der Waals surface area contributed by atoms with Gasteiger partial charge in [-0.2, -0.15) is 5.26 Å². The zero-order chi connectivity index (χ0) is 20.4. The molecule has 2 aromatic heterocycles. The second kappa shape index (κ2) is 7.52. The number of nitrogens with zero attached hydrogens (tertiary/aromatic N) is 3. The standard InChI is InChI=1S/C19H15F2N5O2/c1-9-12(19(28)26-14-4-3-13(20)17(21)16(9)14)5-15(27)25-10(2)18-23-7-11(6-22)8-24-18/h3-4,7-8,10H,5H2,1-2H3,(H,25,27)(H,26,28)/t10-/m1/s1. The molecule has 0 unspecified atom stereocenters. The van der Waals surface area contributed by atoms with E-state index in [1.165, 1.54) is 25.4 Å². The van der Waals surface area contributed by atoms with E-state index in [2.05, 4.69) is 20.3 Å². The molecule has 28 heavy (non-hydrogen) atoms. The molecule has 0 spiro atoms. The summed E-state index contributed by atoms with van der Waals surface area (Å²) in [7, 11) is 0. The summed E-state index contributed by atoms with van der Waals surface area (Å²) in [5.41, 5.74) is 0.142. The lowest BCUT2D eigenvalue weighted by Crippen LogP contribution is -2.31. The number of fused-ring (bicyclic) bond motifs is 1. The minimum absolute atomic E-state index is 0.0439. The van der Waals surface area contributed by atoms with Crippen molar-refractivity contribution < 1.29 is 13.6 Å². The molecule has 2 heterocycles. The Balaban J connectivity index is 1.85. The fourth-order valence-corrected chi connectivity index (χ4v) is 2.89. The molecule has 0 aliphatic carbocycles. The van der Waals surface area contributed by atoms with E-state index in [1.54, 1.807) is 6.92 Å². The third-order valence-electron chi connectivity index (χ3n) is 4.35. The van der Waals surface area contributed by atoms with E-state index >= 15 is 0 Å². The molecule has 2 N–H and O–H groups in total. The van der Waals surface area contributed by atoms with Crippen molar-refractivity contribution in [3.05, 3.63) is 69.0 Å². The predicted molar refractivity (Wildman–Crippen MR) is 96.2 cm³/mol. The third kappa shape index (κ3) is 3.57. The first-order chi connectivity index (χ1) is 13.3. The van der Waals surface area contributed by atoms with Crippen LogP contribution in [0.2, 0.25) is 0 Å². The van der Waals surface area contributed by atoms with E-state index in [9.17, 15) is 18.4 Å². The van der Waals surface area contributed by atoms with Gasteiger partial charge in [0, 0.05) is 23.3 Å². The number of hydrogen-bond acceptors (Lipinski definition) is 5. The Hall–Kier alpha value is -3.67. The van der Waals surface area contributed by atoms with Crippen molar-refractivity contribution in [3.8, 4) is 6.07 Å². The Bertz CT molecular complexity index is 1170. The van der Waals surface area contributed by atoms with E-state index in [0.29, 0.717) is 5.82 Å². The van der Waals surface area contributed by atoms with Gasteiger partial charge in [0.2, 0.25) is 5.91 Å². The average molecular weight is 383 g/mol. The number of aromatic nitrogens is 3. The van der Waals surface area contributed by atoms with E-state index in [1.807, 2.05) is 6.07 Å². The van der Waals surface area contributed by atoms with Crippen molar-refractivity contribution in [3.63, 3.8) is 0 Å². The molecule has 0 saturated carbocycles. The van der Waals surface area contributed by atoms with Crippen LogP contribution in [0.1, 0.15) is 35.5 Å². The summed E-state index contributed by atoms with van der Waals surface area (Å²) < 4.78 is 27.7. The maximum atomic E-state index is 14.2. The van der Waals surface area contributed by atoms with Crippen molar-refractivity contribution in [2.24, 2.45) is 0 Å². The summed E-state index contributed by atoms with van der Waals surface area (Å²) in [6.45, 7) is 3.11. The van der Waals surface area contributed by atoms with Crippen molar-refractivity contribution in [1.82, 2.24) is 20.3 Å². The second-order valence-corrected chi connectivity index (χ2v) is 6.25. The van der Waals surface area contributed by atoms with Crippen LogP contribution in [0.15, 0.2) is 29.3 Å². The number of nitrogens with one attached hydrogen (secondary N) is 2. The molecule has 9 heteroatoms. The number of rotatable bonds is 4. The topological polar surface area (TPSA) is 112 Å². The molecule has 0 fully saturated rings. The maximum Gasteiger partial charge on any atom is 0.252 e. The van der Waals surface area contributed by atoms with Gasteiger partial charge in [-0.25, -0.2) is 18.7 Å². The lowest BCUT2D eigenvalue weighted by atomic mass is 10.0. The van der Waals surface area contributed by atoms with E-state index in [0.717, 1.165) is 6.07 Å². The molecule has 0 aliphatic heterocycles. The first-order valence-electron chi connectivity index (χ1n) is 8.32. The van der Waals surface area contributed by atoms with Gasteiger partial charge in [-0.1, -0.05) is 0 Å². The predicted octanol–water partition coefficient (Wildman–Crippen LogP) is 2.20. The number of pyridine rings is 1. The minimum Gasteiger partial charge on any atom is -0.346 e. The number of aryl methyl sites for hydroxylation is 1. The molecule has 1 amide bonds. The lowest BCUT2D eigenvalue weighted by Gasteiger charge is -2.14. The Morgan fingerprint density at radius 1 is 1.32 bits per heavy atom. The van der Waals surface area contributed by atoms with Gasteiger partial charge in [-0.3, -0.25) is 9.59 Å². The van der Waals surface area contributed by atoms with Crippen LogP contribution in [0.3, 0.4) is 0 Å². The largest absolute Gasteiger partial charge is 0.346 e. The summed E-state index contributed by atoms with van der Waals surface area (Å²) in [5.74, 6) is -2.33. The second-order valence-electron chi connectivity index (χ2n) is 6.25. The van der Waals surface area contributed by atoms with Crippen LogP contribution in [0.5, 0.6) is 0 Å². The Morgan fingerprint density at radius 2 is 2.00 bits per heavy atom. The van der Waals surface area contributed by atoms with Gasteiger partial charge < -0.3 is 10.3 Å². The zero-order valence-electron chi connectivity index (χ0n) is 15.0. The first-order valence-corrected chi connectivity index (χ1v) is 8.32. The molecule has 142 valence electrons. The zero-order valence-corrected chi connectivity index (χ0v) is 15.0. The smallest absolute Gasteiger partial charge is 0.252 e. The van der Waals surface area contributed by atoms with Gasteiger partial charge in [0.1, 0.15) is 11.9 Å². The maximum absolute atomic E-state index is 14.2. The van der Waals surface area contributed by atoms with Crippen molar-refractivity contribution in [2.45, 2.75) is 26.3 Å². The number of benzene rings is 1. The number of amides is 1. The first kappa shape index (κ1) is 19.1. The molecular formula is C19H15F2N5O2. The Labute approximate surface area is 158 Å². The SMILES string of the molecule is Cc1c(CC(=O)N[C@H](C)c2ncc(C#N)cn2)c(=O)[nH]c2ccc(F)c(F)c12. The number of nitriles is 1. The highest BCUT2D eigenvalue weighted by Crippen LogP contribution is 2.23. The highest BCUT2D eigenvalue weighted by Gasteiger charge is 2.19. The van der Waals surface area contributed by atoms with Crippen LogP contribution in [0.25, 0.3) is 10.9 Å². The van der Waals surface area contributed by atoms with Gasteiger partial charge in [-0.05, 0) is 31.5 Å².